The summed E-state index contributed by atoms with van der Waals surface area (Å²) in [5.41, 5.74) is 16.6. The van der Waals surface area contributed by atoms with Crippen molar-refractivity contribution in [2.24, 2.45) is 0 Å². The molecule has 68 heavy (non-hydrogen) atoms. The van der Waals surface area contributed by atoms with Gasteiger partial charge in [-0.1, -0.05) is 158 Å². The summed E-state index contributed by atoms with van der Waals surface area (Å²) in [5, 5.41) is 10.0. The maximum absolute atomic E-state index is 2.47. The van der Waals surface area contributed by atoms with Gasteiger partial charge < -0.3 is 18.3 Å². The Kier molecular flexibility index (Phi) is 9.26. The maximum atomic E-state index is 2.47. The van der Waals surface area contributed by atoms with Crippen molar-refractivity contribution in [2.45, 2.75) is 13.8 Å². The molecule has 0 radical (unpaired) electrons. The van der Waals surface area contributed by atoms with E-state index in [1.807, 2.05) is 26.0 Å². The molecule has 0 fully saturated rings. The van der Waals surface area contributed by atoms with Gasteiger partial charge in [-0.15, -0.1) is 0 Å². The fraction of sp³-hybridized carbons (Fsp3) is 0.0312. The number of rotatable bonds is 5. The summed E-state index contributed by atoms with van der Waals surface area (Å²) in [6.45, 7) is 4.00. The van der Waals surface area contributed by atoms with Crippen LogP contribution in [0.25, 0.3) is 121 Å². The molecule has 14 rings (SSSR count). The van der Waals surface area contributed by atoms with Crippen molar-refractivity contribution >= 4 is 87.2 Å². The van der Waals surface area contributed by atoms with Crippen LogP contribution in [-0.4, -0.2) is 18.3 Å². The second-order valence-electron chi connectivity index (χ2n) is 17.6. The third-order valence-corrected chi connectivity index (χ3v) is 13.9. The smallest absolute Gasteiger partial charge is 0.0641 e. The van der Waals surface area contributed by atoms with Gasteiger partial charge in [0.2, 0.25) is 0 Å². The number of hydrogen-bond donors (Lipinski definition) is 0. The fourth-order valence-corrected chi connectivity index (χ4v) is 10.9. The van der Waals surface area contributed by atoms with Crippen LogP contribution in [0.3, 0.4) is 0 Å². The monoisotopic (exact) mass is 870 g/mol. The van der Waals surface area contributed by atoms with Crippen molar-refractivity contribution in [3.63, 3.8) is 0 Å². The quantitative estimate of drug-likeness (QED) is 0.154. The van der Waals surface area contributed by atoms with Crippen LogP contribution in [0, 0.1) is 0 Å². The second kappa shape index (κ2) is 15.9. The molecule has 4 aromatic heterocycles. The van der Waals surface area contributed by atoms with E-state index in [1.54, 1.807) is 0 Å². The molecule has 0 spiro atoms. The lowest BCUT2D eigenvalue weighted by Gasteiger charge is -2.12. The molecule has 4 heterocycles. The molecule has 0 unspecified atom stereocenters. The van der Waals surface area contributed by atoms with E-state index in [4.69, 9.17) is 0 Å². The molecular formula is C64H46N4. The molecule has 14 aromatic rings. The number of aromatic nitrogens is 4. The third kappa shape index (κ3) is 5.94. The van der Waals surface area contributed by atoms with E-state index in [2.05, 4.69) is 249 Å². The van der Waals surface area contributed by atoms with Crippen molar-refractivity contribution in [3.05, 3.63) is 243 Å². The highest BCUT2D eigenvalue weighted by molar-refractivity contribution is 6.27. The van der Waals surface area contributed by atoms with Gasteiger partial charge in [-0.3, -0.25) is 0 Å². The van der Waals surface area contributed by atoms with Gasteiger partial charge in [0.1, 0.15) is 0 Å². The highest BCUT2D eigenvalue weighted by atomic mass is 15.0. The molecule has 4 heteroatoms. The Labute approximate surface area is 394 Å². The van der Waals surface area contributed by atoms with Crippen LogP contribution in [0.15, 0.2) is 243 Å². The highest BCUT2D eigenvalue weighted by Gasteiger charge is 2.23. The summed E-state index contributed by atoms with van der Waals surface area (Å²) in [6.07, 6.45) is 4.00. The minimum atomic E-state index is 1.14. The molecule has 0 saturated carbocycles. The van der Waals surface area contributed by atoms with E-state index in [9.17, 15) is 0 Å². The summed E-state index contributed by atoms with van der Waals surface area (Å²) >= 11 is 0. The zero-order valence-corrected chi connectivity index (χ0v) is 37.9. The van der Waals surface area contributed by atoms with E-state index in [1.165, 1.54) is 98.4 Å². The van der Waals surface area contributed by atoms with Crippen molar-refractivity contribution in [1.82, 2.24) is 18.3 Å². The Morgan fingerprint density at radius 1 is 0.235 bits per heavy atom. The van der Waals surface area contributed by atoms with Crippen molar-refractivity contribution < 1.29 is 0 Å². The van der Waals surface area contributed by atoms with Crippen LogP contribution in [0.2, 0.25) is 0 Å². The van der Waals surface area contributed by atoms with Gasteiger partial charge in [0.25, 0.3) is 0 Å². The lowest BCUT2D eigenvalue weighted by atomic mass is 10.0. The molecule has 0 aliphatic rings. The van der Waals surface area contributed by atoms with Crippen LogP contribution >= 0.6 is 0 Å². The van der Waals surface area contributed by atoms with E-state index < -0.39 is 0 Å². The Hall–Kier alpha value is -8.86. The molecule has 0 bridgehead atoms. The van der Waals surface area contributed by atoms with Gasteiger partial charge in [0, 0.05) is 65.8 Å². The molecule has 10 aromatic carbocycles. The van der Waals surface area contributed by atoms with Crippen molar-refractivity contribution in [3.8, 4) is 33.9 Å². The van der Waals surface area contributed by atoms with Gasteiger partial charge in [-0.05, 0) is 110 Å². The normalized spacial score (nSPS) is 11.9. The van der Waals surface area contributed by atoms with Gasteiger partial charge in [-0.25, -0.2) is 0 Å². The molecule has 0 aliphatic heterocycles. The van der Waals surface area contributed by atoms with Crippen LogP contribution in [0.5, 0.6) is 0 Å². The molecular weight excluding hydrogens is 825 g/mol. The summed E-state index contributed by atoms with van der Waals surface area (Å²) in [5.74, 6) is 0. The molecule has 322 valence electrons. The maximum Gasteiger partial charge on any atom is 0.0641 e. The Morgan fingerprint density at radius 3 is 0.912 bits per heavy atom. The minimum Gasteiger partial charge on any atom is -0.309 e. The number of benzene rings is 10. The lowest BCUT2D eigenvalue weighted by molar-refractivity contribution is 1.17. The van der Waals surface area contributed by atoms with Gasteiger partial charge in [0.05, 0.1) is 44.1 Å². The number of hydrogen-bond acceptors (Lipinski definition) is 0. The average molecular weight is 871 g/mol. The number of allylic oxidation sites excluding steroid dienone is 2. The first-order chi connectivity index (χ1) is 33.7. The molecule has 4 nitrogen and oxygen atoms in total. The first-order valence-corrected chi connectivity index (χ1v) is 23.5. The summed E-state index contributed by atoms with van der Waals surface area (Å²) in [6, 6.07) is 84.2. The second-order valence-corrected chi connectivity index (χ2v) is 17.6. The third-order valence-electron chi connectivity index (χ3n) is 13.9. The van der Waals surface area contributed by atoms with Crippen LogP contribution in [-0.2, 0) is 0 Å². The molecule has 0 amide bonds. The first kappa shape index (κ1) is 39.5. The minimum absolute atomic E-state index is 1.14. The van der Waals surface area contributed by atoms with Crippen LogP contribution in [0.1, 0.15) is 13.8 Å². The molecule has 0 N–H and O–H groups in total. The molecule has 0 saturated heterocycles. The van der Waals surface area contributed by atoms with E-state index in [0.29, 0.717) is 0 Å². The molecule has 0 aliphatic carbocycles. The number of para-hydroxylation sites is 6. The zero-order valence-electron chi connectivity index (χ0n) is 37.9. The van der Waals surface area contributed by atoms with Crippen molar-refractivity contribution in [1.29, 1.82) is 0 Å². The first-order valence-electron chi connectivity index (χ1n) is 23.5. The highest BCUT2D eigenvalue weighted by Crippen LogP contribution is 2.44. The Morgan fingerprint density at radius 2 is 0.544 bits per heavy atom. The number of nitrogens with zero attached hydrogens (tertiary/aromatic N) is 4. The topological polar surface area (TPSA) is 19.7 Å². The molecule has 0 atom stereocenters. The summed E-state index contributed by atoms with van der Waals surface area (Å²) in [7, 11) is 0. The SMILES string of the molecule is C/C=C\C.c1ccc(-n2c3ccccc3c3c2ccc2c4ccccc4n(-c4ccc(-c5ccc(-n6c7ccccc7c7ccc8c(c9ccccc9n8-c8ccccc8)c76)cc5)cc4)c23)cc1. The van der Waals surface area contributed by atoms with Crippen LogP contribution < -0.4 is 0 Å². The van der Waals surface area contributed by atoms with Crippen LogP contribution in [0.4, 0.5) is 0 Å². The fourth-order valence-electron chi connectivity index (χ4n) is 10.9. The Bertz CT molecular complexity index is 3960. The standard InChI is InChI=1S/C60H38N4.C4H8/c1-3-15-41(16-4-1)61-53-25-13-9-21-49(53)57-55(61)37-35-47-45-19-7-11-23-51(45)63(59(47)57)43-31-27-39(28-32-43)40-29-33-44(34-30-40)64-52-24-12-8-20-46(52)48-36-38-56-58(60(48)64)50-22-10-14-26-54(50)62(56)42-17-5-2-6-18-42;1-3-4-2/h1-38H;3-4H,1-2H3/b;4-3-. The van der Waals surface area contributed by atoms with Gasteiger partial charge in [0.15, 0.2) is 0 Å². The van der Waals surface area contributed by atoms with E-state index in [0.717, 1.165) is 22.7 Å². The lowest BCUT2D eigenvalue weighted by Crippen LogP contribution is -1.96. The number of fused-ring (bicyclic) bond motifs is 14. The van der Waals surface area contributed by atoms with E-state index in [-0.39, 0.29) is 0 Å². The Balaban J connectivity index is 0.00000110. The average Bonchev–Trinajstić information content (AvgIpc) is 4.14. The predicted octanol–water partition coefficient (Wildman–Crippen LogP) is 17.3. The van der Waals surface area contributed by atoms with E-state index >= 15 is 0 Å². The van der Waals surface area contributed by atoms with Gasteiger partial charge >= 0.3 is 0 Å². The predicted molar refractivity (Wildman–Crippen MR) is 290 cm³/mol. The largest absolute Gasteiger partial charge is 0.309 e. The van der Waals surface area contributed by atoms with Gasteiger partial charge in [-0.2, -0.15) is 0 Å². The summed E-state index contributed by atoms with van der Waals surface area (Å²) in [4.78, 5) is 0. The van der Waals surface area contributed by atoms with Crippen molar-refractivity contribution in [2.75, 3.05) is 0 Å². The zero-order chi connectivity index (χ0) is 45.3. The summed E-state index contributed by atoms with van der Waals surface area (Å²) < 4.78 is 9.76.